The Hall–Kier alpha value is -1.64. The topological polar surface area (TPSA) is 58.4 Å². The molecule has 0 aliphatic heterocycles. The smallest absolute Gasteiger partial charge is 0.147 e. The van der Waals surface area contributed by atoms with E-state index >= 15 is 0 Å². The van der Waals surface area contributed by atoms with Crippen LogP contribution in [0.15, 0.2) is 6.07 Å². The monoisotopic (exact) mass is 291 g/mol. The quantitative estimate of drug-likeness (QED) is 0.654. The highest BCUT2D eigenvalue weighted by Crippen LogP contribution is 2.21. The highest BCUT2D eigenvalue weighted by atomic mass is 16.5. The number of hydrogen-bond donors (Lipinski definition) is 0. The molecule has 0 aromatic carbocycles. The van der Waals surface area contributed by atoms with Gasteiger partial charge in [-0.2, -0.15) is 5.26 Å². The fourth-order valence-corrected chi connectivity index (χ4v) is 2.15. The van der Waals surface area contributed by atoms with E-state index in [0.717, 1.165) is 17.1 Å². The second-order valence-electron chi connectivity index (χ2n) is 4.77. The second kappa shape index (κ2) is 9.32. The average Bonchev–Trinajstić information content (AvgIpc) is 2.45. The van der Waals surface area contributed by atoms with Gasteiger partial charge in [0.05, 0.1) is 18.8 Å². The van der Waals surface area contributed by atoms with Crippen LogP contribution in [0.25, 0.3) is 0 Å². The second-order valence-corrected chi connectivity index (χ2v) is 4.77. The standard InChI is InChI=1S/C16H25N3O2/c1-5-20-9-7-19(8-10-21-6-2)16-15(12-17)13(3)11-14(4)18-16/h11H,5-10H2,1-4H3. The summed E-state index contributed by atoms with van der Waals surface area (Å²) >= 11 is 0. The van der Waals surface area contributed by atoms with E-state index in [9.17, 15) is 5.26 Å². The maximum absolute atomic E-state index is 9.40. The van der Waals surface area contributed by atoms with Crippen LogP contribution >= 0.6 is 0 Å². The molecular formula is C16H25N3O2. The number of anilines is 1. The van der Waals surface area contributed by atoms with Crippen LogP contribution < -0.4 is 4.90 Å². The van der Waals surface area contributed by atoms with E-state index in [-0.39, 0.29) is 0 Å². The molecule has 116 valence electrons. The molecule has 0 amide bonds. The summed E-state index contributed by atoms with van der Waals surface area (Å²) in [6.07, 6.45) is 0. The first kappa shape index (κ1) is 17.4. The fourth-order valence-electron chi connectivity index (χ4n) is 2.15. The number of aryl methyl sites for hydroxylation is 2. The highest BCUT2D eigenvalue weighted by Gasteiger charge is 2.15. The molecule has 0 bridgehead atoms. The Morgan fingerprint density at radius 1 is 1.14 bits per heavy atom. The largest absolute Gasteiger partial charge is 0.380 e. The zero-order valence-corrected chi connectivity index (χ0v) is 13.5. The van der Waals surface area contributed by atoms with Gasteiger partial charge in [-0.25, -0.2) is 4.98 Å². The first-order valence-electron chi connectivity index (χ1n) is 7.42. The van der Waals surface area contributed by atoms with Gasteiger partial charge >= 0.3 is 0 Å². The molecule has 1 rings (SSSR count). The van der Waals surface area contributed by atoms with Crippen LogP contribution in [0.3, 0.4) is 0 Å². The third kappa shape index (κ3) is 5.33. The van der Waals surface area contributed by atoms with E-state index in [0.29, 0.717) is 45.1 Å². The van der Waals surface area contributed by atoms with Gasteiger partial charge in [0.25, 0.3) is 0 Å². The first-order chi connectivity index (χ1) is 10.1. The van der Waals surface area contributed by atoms with Crippen molar-refractivity contribution in [3.8, 4) is 6.07 Å². The van der Waals surface area contributed by atoms with E-state index in [4.69, 9.17) is 9.47 Å². The molecule has 0 aliphatic carbocycles. The van der Waals surface area contributed by atoms with E-state index in [1.807, 2.05) is 33.8 Å². The Morgan fingerprint density at radius 3 is 2.19 bits per heavy atom. The van der Waals surface area contributed by atoms with Crippen molar-refractivity contribution in [2.75, 3.05) is 44.4 Å². The van der Waals surface area contributed by atoms with Gasteiger partial charge in [-0.05, 0) is 39.3 Å². The number of aromatic nitrogens is 1. The molecule has 0 radical (unpaired) electrons. The van der Waals surface area contributed by atoms with Crippen molar-refractivity contribution in [2.24, 2.45) is 0 Å². The minimum Gasteiger partial charge on any atom is -0.380 e. The summed E-state index contributed by atoms with van der Waals surface area (Å²) in [4.78, 5) is 6.63. The Morgan fingerprint density at radius 2 is 1.71 bits per heavy atom. The summed E-state index contributed by atoms with van der Waals surface area (Å²) < 4.78 is 10.9. The van der Waals surface area contributed by atoms with Crippen molar-refractivity contribution < 1.29 is 9.47 Å². The number of nitrogens with zero attached hydrogens (tertiary/aromatic N) is 3. The molecule has 1 aromatic rings. The Balaban J connectivity index is 2.97. The SMILES string of the molecule is CCOCCN(CCOCC)c1nc(C)cc(C)c1C#N. The van der Waals surface area contributed by atoms with Crippen LogP contribution in [0, 0.1) is 25.2 Å². The molecule has 0 aliphatic rings. The fraction of sp³-hybridized carbons (Fsp3) is 0.625. The number of hydrogen-bond acceptors (Lipinski definition) is 5. The van der Waals surface area contributed by atoms with Gasteiger partial charge in [0.15, 0.2) is 0 Å². The van der Waals surface area contributed by atoms with Gasteiger partial charge in [0.2, 0.25) is 0 Å². The first-order valence-corrected chi connectivity index (χ1v) is 7.42. The summed E-state index contributed by atoms with van der Waals surface area (Å²) in [5.74, 6) is 0.731. The van der Waals surface area contributed by atoms with E-state index in [1.54, 1.807) is 0 Å². The van der Waals surface area contributed by atoms with Crippen molar-refractivity contribution in [1.29, 1.82) is 5.26 Å². The molecule has 5 nitrogen and oxygen atoms in total. The summed E-state index contributed by atoms with van der Waals surface area (Å²) in [7, 11) is 0. The van der Waals surface area contributed by atoms with Crippen LogP contribution in [0.4, 0.5) is 5.82 Å². The van der Waals surface area contributed by atoms with Crippen molar-refractivity contribution >= 4 is 5.82 Å². The lowest BCUT2D eigenvalue weighted by atomic mass is 10.1. The lowest BCUT2D eigenvalue weighted by Gasteiger charge is -2.25. The number of ether oxygens (including phenoxy) is 2. The Kier molecular flexibility index (Phi) is 7.73. The molecule has 21 heavy (non-hydrogen) atoms. The molecule has 1 heterocycles. The highest BCUT2D eigenvalue weighted by molar-refractivity contribution is 5.58. The summed E-state index contributed by atoms with van der Waals surface area (Å²) in [5.41, 5.74) is 2.51. The van der Waals surface area contributed by atoms with Crippen LogP contribution in [0.1, 0.15) is 30.7 Å². The molecule has 0 spiro atoms. The lowest BCUT2D eigenvalue weighted by Crippen LogP contribution is -2.32. The number of pyridine rings is 1. The Bertz CT molecular complexity index is 473. The van der Waals surface area contributed by atoms with Gasteiger partial charge in [-0.15, -0.1) is 0 Å². The van der Waals surface area contributed by atoms with Crippen LogP contribution in [0.5, 0.6) is 0 Å². The van der Waals surface area contributed by atoms with Crippen LogP contribution in [-0.2, 0) is 9.47 Å². The summed E-state index contributed by atoms with van der Waals surface area (Å²) in [6.45, 7) is 11.8. The molecule has 1 aromatic heterocycles. The average molecular weight is 291 g/mol. The Labute approximate surface area is 127 Å². The maximum Gasteiger partial charge on any atom is 0.147 e. The maximum atomic E-state index is 9.40. The molecule has 0 unspecified atom stereocenters. The van der Waals surface area contributed by atoms with E-state index in [2.05, 4.69) is 16.0 Å². The van der Waals surface area contributed by atoms with Crippen molar-refractivity contribution in [3.63, 3.8) is 0 Å². The van der Waals surface area contributed by atoms with Gasteiger partial charge in [0.1, 0.15) is 11.9 Å². The predicted molar refractivity (Wildman–Crippen MR) is 83.6 cm³/mol. The van der Waals surface area contributed by atoms with Crippen molar-refractivity contribution in [3.05, 3.63) is 22.9 Å². The number of rotatable bonds is 9. The third-order valence-corrected chi connectivity index (χ3v) is 3.16. The van der Waals surface area contributed by atoms with Gasteiger partial charge < -0.3 is 14.4 Å². The van der Waals surface area contributed by atoms with Gasteiger partial charge in [-0.3, -0.25) is 0 Å². The van der Waals surface area contributed by atoms with E-state index < -0.39 is 0 Å². The molecule has 0 fully saturated rings. The molecule has 0 saturated heterocycles. The summed E-state index contributed by atoms with van der Waals surface area (Å²) in [5, 5.41) is 9.40. The minimum atomic E-state index is 0.613. The third-order valence-electron chi connectivity index (χ3n) is 3.16. The lowest BCUT2D eigenvalue weighted by molar-refractivity contribution is 0.141. The van der Waals surface area contributed by atoms with Crippen LogP contribution in [-0.4, -0.2) is 44.5 Å². The van der Waals surface area contributed by atoms with Gasteiger partial charge in [0, 0.05) is 32.0 Å². The predicted octanol–water partition coefficient (Wildman–Crippen LogP) is 2.45. The minimum absolute atomic E-state index is 0.613. The van der Waals surface area contributed by atoms with Crippen molar-refractivity contribution in [2.45, 2.75) is 27.7 Å². The molecule has 5 heteroatoms. The molecule has 0 atom stereocenters. The molecular weight excluding hydrogens is 266 g/mol. The summed E-state index contributed by atoms with van der Waals surface area (Å²) in [6, 6.07) is 4.20. The number of nitriles is 1. The molecule has 0 N–H and O–H groups in total. The zero-order chi connectivity index (χ0) is 15.7. The van der Waals surface area contributed by atoms with Crippen LogP contribution in [0.2, 0.25) is 0 Å². The normalized spacial score (nSPS) is 10.4. The zero-order valence-electron chi connectivity index (χ0n) is 13.5. The van der Waals surface area contributed by atoms with Crippen molar-refractivity contribution in [1.82, 2.24) is 4.98 Å². The van der Waals surface area contributed by atoms with E-state index in [1.165, 1.54) is 0 Å². The van der Waals surface area contributed by atoms with Gasteiger partial charge in [-0.1, -0.05) is 0 Å². The molecule has 0 saturated carbocycles.